The molecule has 2 rings (SSSR count). The molecule has 0 radical (unpaired) electrons. The van der Waals surface area contributed by atoms with Crippen LogP contribution in [0.1, 0.15) is 40.5 Å². The Morgan fingerprint density at radius 2 is 1.43 bits per heavy atom. The predicted octanol–water partition coefficient (Wildman–Crippen LogP) is -0.805. The smallest absolute Gasteiger partial charge is 0.255 e. The molecule has 0 aliphatic heterocycles. The number of nitrogens with one attached hydrogen (secondary N) is 3. The summed E-state index contributed by atoms with van der Waals surface area (Å²) in [4.78, 5) is 57.8. The molecule has 42 heavy (non-hydrogen) atoms. The molecule has 0 bridgehead atoms. The van der Waals surface area contributed by atoms with Gasteiger partial charge in [-0.2, -0.15) is 0 Å². The van der Waals surface area contributed by atoms with E-state index >= 15 is 0 Å². The quantitative estimate of drug-likeness (QED) is 0.0732. The van der Waals surface area contributed by atoms with Gasteiger partial charge in [-0.3, -0.25) is 29.2 Å². The zero-order valence-electron chi connectivity index (χ0n) is 23.3. The number of carbonyl (C=O) groups excluding carboxylic acids is 4. The highest BCUT2D eigenvalue weighted by Gasteiger charge is 2.24. The van der Waals surface area contributed by atoms with Crippen molar-refractivity contribution in [2.45, 2.75) is 25.8 Å². The molecule has 0 aliphatic carbocycles. The molecule has 0 aliphatic rings. The molecule has 2 aromatic carbocycles. The Morgan fingerprint density at radius 3 is 2.02 bits per heavy atom. The third-order valence-corrected chi connectivity index (χ3v) is 5.49. The van der Waals surface area contributed by atoms with Gasteiger partial charge < -0.3 is 54.1 Å². The Bertz CT molecular complexity index is 1350. The number of rotatable bonds is 15. The number of benzene rings is 2. The highest BCUT2D eigenvalue weighted by Crippen LogP contribution is 2.25. The second-order valence-electron chi connectivity index (χ2n) is 8.79. The summed E-state index contributed by atoms with van der Waals surface area (Å²) in [5, 5.41) is 7.95. The van der Waals surface area contributed by atoms with Crippen LogP contribution in [-0.4, -0.2) is 68.4 Å². The molecule has 2 aromatic rings. The highest BCUT2D eigenvalue weighted by atomic mass is 16.5. The number of carbonyl (C=O) groups is 4. The number of amides is 4. The van der Waals surface area contributed by atoms with Crippen LogP contribution in [0, 0.1) is 0 Å². The van der Waals surface area contributed by atoms with Crippen molar-refractivity contribution < 1.29 is 28.7 Å². The van der Waals surface area contributed by atoms with Gasteiger partial charge in [0.05, 0.1) is 24.8 Å². The second kappa shape index (κ2) is 15.9. The molecule has 0 spiro atoms. The average molecular weight is 585 g/mol. The monoisotopic (exact) mass is 584 g/mol. The van der Waals surface area contributed by atoms with Crippen molar-refractivity contribution in [1.82, 2.24) is 5.32 Å². The molecule has 0 unspecified atom stereocenters. The molecule has 0 saturated carbocycles. The van der Waals surface area contributed by atoms with E-state index in [9.17, 15) is 19.2 Å². The van der Waals surface area contributed by atoms with Crippen LogP contribution in [0.25, 0.3) is 0 Å². The minimum Gasteiger partial charge on any atom is -0.496 e. The predicted molar refractivity (Wildman–Crippen MR) is 158 cm³/mol. The molecule has 16 heteroatoms. The summed E-state index contributed by atoms with van der Waals surface area (Å²) in [6.45, 7) is 1.76. The highest BCUT2D eigenvalue weighted by molar-refractivity contribution is 6.04. The van der Waals surface area contributed by atoms with Crippen LogP contribution in [-0.2, 0) is 9.59 Å². The van der Waals surface area contributed by atoms with E-state index < -0.39 is 23.8 Å². The van der Waals surface area contributed by atoms with Crippen LogP contribution in [0.4, 0.5) is 11.4 Å². The maximum Gasteiger partial charge on any atom is 0.255 e. The first-order valence-electron chi connectivity index (χ1n) is 12.7. The van der Waals surface area contributed by atoms with E-state index in [1.807, 2.05) is 0 Å². The Kier molecular flexibility index (Phi) is 12.4. The average Bonchev–Trinajstić information content (AvgIpc) is 2.92. The summed E-state index contributed by atoms with van der Waals surface area (Å²) in [7, 11) is 1.38. The van der Waals surface area contributed by atoms with Gasteiger partial charge in [-0.25, -0.2) is 0 Å². The number of hydrogen-bond donors (Lipinski definition) is 8. The van der Waals surface area contributed by atoms with Crippen LogP contribution in [0.2, 0.25) is 0 Å². The normalized spacial score (nSPS) is 10.9. The lowest BCUT2D eigenvalue weighted by molar-refractivity contribution is -0.118. The molecular formula is C26H36N10O6. The van der Waals surface area contributed by atoms with Gasteiger partial charge >= 0.3 is 0 Å². The lowest BCUT2D eigenvalue weighted by atomic mass is 10.1. The Labute approximate surface area is 242 Å². The number of anilines is 2. The number of aliphatic imine (C=N–C) groups is 2. The van der Waals surface area contributed by atoms with E-state index in [1.54, 1.807) is 6.07 Å². The summed E-state index contributed by atoms with van der Waals surface area (Å²) in [6, 6.07) is 7.74. The van der Waals surface area contributed by atoms with Crippen molar-refractivity contribution in [1.29, 1.82) is 0 Å². The van der Waals surface area contributed by atoms with Crippen LogP contribution in [0.15, 0.2) is 46.4 Å². The number of ether oxygens (including phenoxy) is 2. The standard InChI is InChI=1S/C26H36N10O6/c1-14(37)34-15-5-7-20(41-2)18(13-15)23(39)36-19(4-3-9-32-25(28)29)24(40)35-16-6-8-21(17(12-16)22(27)38)42-11-10-33-26(30)31/h5-8,12-13,19H,3-4,9-11H2,1-2H3,(H2,27,38)(H,34,37)(H,35,40)(H,36,39)(H4,28,29,32)(H4,30,31,33)/t19-/m1/s1. The van der Waals surface area contributed by atoms with Crippen LogP contribution < -0.4 is 54.1 Å². The number of methoxy groups -OCH3 is 1. The van der Waals surface area contributed by atoms with Gasteiger partial charge in [0.25, 0.3) is 11.8 Å². The maximum absolute atomic E-state index is 13.3. The molecular weight excluding hydrogens is 548 g/mol. The fraction of sp³-hybridized carbons (Fsp3) is 0.308. The molecule has 16 nitrogen and oxygen atoms in total. The molecule has 0 heterocycles. The van der Waals surface area contributed by atoms with Crippen molar-refractivity contribution in [2.75, 3.05) is 37.4 Å². The first kappa shape index (κ1) is 32.7. The summed E-state index contributed by atoms with van der Waals surface area (Å²) in [5.41, 5.74) is 27.5. The number of hydrogen-bond acceptors (Lipinski definition) is 8. The molecule has 1 atom stereocenters. The van der Waals surface area contributed by atoms with Crippen molar-refractivity contribution in [3.8, 4) is 11.5 Å². The van der Waals surface area contributed by atoms with Gasteiger partial charge in [-0.05, 0) is 49.2 Å². The zero-order chi connectivity index (χ0) is 31.2. The Morgan fingerprint density at radius 1 is 0.833 bits per heavy atom. The number of guanidine groups is 2. The van der Waals surface area contributed by atoms with E-state index in [2.05, 4.69) is 25.9 Å². The fourth-order valence-electron chi connectivity index (χ4n) is 3.66. The van der Waals surface area contributed by atoms with Crippen molar-refractivity contribution in [2.24, 2.45) is 38.7 Å². The largest absolute Gasteiger partial charge is 0.496 e. The molecule has 0 aromatic heterocycles. The molecule has 13 N–H and O–H groups in total. The van der Waals surface area contributed by atoms with E-state index in [-0.39, 0.29) is 72.3 Å². The summed E-state index contributed by atoms with van der Waals surface area (Å²) in [5.74, 6) is -2.18. The molecule has 0 fully saturated rings. The first-order chi connectivity index (χ1) is 19.9. The summed E-state index contributed by atoms with van der Waals surface area (Å²) >= 11 is 0. The van der Waals surface area contributed by atoms with Gasteiger partial charge in [0, 0.05) is 24.8 Å². The van der Waals surface area contributed by atoms with Gasteiger partial charge in [-0.1, -0.05) is 0 Å². The fourth-order valence-corrected chi connectivity index (χ4v) is 3.66. The van der Waals surface area contributed by atoms with E-state index in [0.29, 0.717) is 12.1 Å². The lowest BCUT2D eigenvalue weighted by Crippen LogP contribution is -2.44. The lowest BCUT2D eigenvalue weighted by Gasteiger charge is -2.20. The molecule has 4 amide bonds. The molecule has 0 saturated heterocycles. The third-order valence-electron chi connectivity index (χ3n) is 5.49. The van der Waals surface area contributed by atoms with E-state index in [0.717, 1.165) is 0 Å². The summed E-state index contributed by atoms with van der Waals surface area (Å²) < 4.78 is 10.8. The van der Waals surface area contributed by atoms with E-state index in [4.69, 9.17) is 38.1 Å². The SMILES string of the molecule is COc1ccc(NC(C)=O)cc1C(=O)N[C@H](CCCN=C(N)N)C(=O)Nc1ccc(OCCN=C(N)N)c(C(N)=O)c1. The first-order valence-corrected chi connectivity index (χ1v) is 12.7. The van der Waals surface area contributed by atoms with Gasteiger partial charge in [0.1, 0.15) is 24.1 Å². The maximum atomic E-state index is 13.3. The minimum atomic E-state index is -1.06. The van der Waals surface area contributed by atoms with Crippen molar-refractivity contribution >= 4 is 46.9 Å². The van der Waals surface area contributed by atoms with Gasteiger partial charge in [-0.15, -0.1) is 0 Å². The van der Waals surface area contributed by atoms with Crippen LogP contribution >= 0.6 is 0 Å². The number of nitrogens with zero attached hydrogens (tertiary/aromatic N) is 2. The van der Waals surface area contributed by atoms with Gasteiger partial charge in [0.15, 0.2) is 11.9 Å². The number of primary amides is 1. The zero-order valence-corrected chi connectivity index (χ0v) is 23.3. The van der Waals surface area contributed by atoms with Crippen LogP contribution in [0.3, 0.4) is 0 Å². The third kappa shape index (κ3) is 10.6. The Hall–Kier alpha value is -5.54. The topological polar surface area (TPSA) is 278 Å². The summed E-state index contributed by atoms with van der Waals surface area (Å²) in [6.07, 6.45) is 0.491. The molecule has 226 valence electrons. The number of nitrogens with two attached hydrogens (primary N) is 5. The minimum absolute atomic E-state index is 0.00497. The van der Waals surface area contributed by atoms with Crippen molar-refractivity contribution in [3.05, 3.63) is 47.5 Å². The van der Waals surface area contributed by atoms with Crippen molar-refractivity contribution in [3.63, 3.8) is 0 Å². The second-order valence-corrected chi connectivity index (χ2v) is 8.79. The van der Waals surface area contributed by atoms with Crippen LogP contribution in [0.5, 0.6) is 11.5 Å². The van der Waals surface area contributed by atoms with Gasteiger partial charge in [0.2, 0.25) is 11.8 Å². The Balaban J connectivity index is 2.28. The van der Waals surface area contributed by atoms with E-state index in [1.165, 1.54) is 44.4 Å².